The van der Waals surface area contributed by atoms with E-state index in [4.69, 9.17) is 44.8 Å². The lowest BCUT2D eigenvalue weighted by Crippen LogP contribution is -2.66. The van der Waals surface area contributed by atoms with Crippen molar-refractivity contribution in [3.63, 3.8) is 0 Å². The second-order valence-electron chi connectivity index (χ2n) is 10.6. The van der Waals surface area contributed by atoms with Gasteiger partial charge in [0.1, 0.15) is 24.6 Å². The molecule has 2 aliphatic rings. The van der Waals surface area contributed by atoms with Crippen LogP contribution in [0.25, 0.3) is 0 Å². The summed E-state index contributed by atoms with van der Waals surface area (Å²) < 4.78 is 38.8. The first-order valence-corrected chi connectivity index (χ1v) is 14.4. The van der Waals surface area contributed by atoms with Crippen molar-refractivity contribution in [3.8, 4) is 5.75 Å². The number of esters is 4. The van der Waals surface area contributed by atoms with Crippen LogP contribution in [0.1, 0.15) is 50.8 Å². The van der Waals surface area contributed by atoms with Gasteiger partial charge in [0.05, 0.1) is 13.2 Å². The molecular weight excluding hydrogens is 600 g/mol. The Hall–Kier alpha value is -3.71. The van der Waals surface area contributed by atoms with Gasteiger partial charge in [0.2, 0.25) is 11.9 Å². The van der Waals surface area contributed by atoms with Crippen molar-refractivity contribution in [1.82, 2.24) is 0 Å². The van der Waals surface area contributed by atoms with E-state index >= 15 is 0 Å². The van der Waals surface area contributed by atoms with Gasteiger partial charge >= 0.3 is 23.9 Å². The molecule has 2 aromatic rings. The summed E-state index contributed by atoms with van der Waals surface area (Å²) >= 11 is 6.56. The van der Waals surface area contributed by atoms with Gasteiger partial charge in [0.25, 0.3) is 0 Å². The highest BCUT2D eigenvalue weighted by Gasteiger charge is 2.60. The number of hydrogen-bond acceptors (Lipinski definition) is 12. The molecule has 0 bridgehead atoms. The summed E-state index contributed by atoms with van der Waals surface area (Å²) in [5.74, 6) is -4.87. The fraction of sp³-hybridized carbons (Fsp3) is 0.484. The zero-order chi connectivity index (χ0) is 32.0. The average Bonchev–Trinajstić information content (AvgIpc) is 3.46. The molecule has 0 radical (unpaired) electrons. The first kappa shape index (κ1) is 33.2. The molecule has 0 aromatic heterocycles. The van der Waals surface area contributed by atoms with Crippen molar-refractivity contribution in [2.75, 3.05) is 19.8 Å². The maximum Gasteiger partial charge on any atom is 0.303 e. The fourth-order valence-corrected chi connectivity index (χ4v) is 5.33. The van der Waals surface area contributed by atoms with Crippen LogP contribution in [0.3, 0.4) is 0 Å². The molecule has 0 saturated carbocycles. The largest absolute Gasteiger partial charge is 0.488 e. The lowest BCUT2D eigenvalue weighted by Gasteiger charge is -2.48. The minimum atomic E-state index is -2.46. The maximum absolute atomic E-state index is 12.2. The monoisotopic (exact) mass is 634 g/mol. The summed E-state index contributed by atoms with van der Waals surface area (Å²) in [6, 6.07) is 12.0. The van der Waals surface area contributed by atoms with Gasteiger partial charge in [-0.25, -0.2) is 0 Å². The van der Waals surface area contributed by atoms with Crippen molar-refractivity contribution < 1.29 is 57.4 Å². The lowest BCUT2D eigenvalue weighted by molar-refractivity contribution is -0.360. The van der Waals surface area contributed by atoms with Crippen molar-refractivity contribution in [1.29, 1.82) is 0 Å². The summed E-state index contributed by atoms with van der Waals surface area (Å²) in [6.45, 7) is 5.20. The van der Waals surface area contributed by atoms with Crippen LogP contribution in [0.2, 0.25) is 5.02 Å². The van der Waals surface area contributed by atoms with Gasteiger partial charge in [0, 0.05) is 44.7 Å². The van der Waals surface area contributed by atoms with Crippen LogP contribution in [-0.2, 0) is 59.8 Å². The maximum atomic E-state index is 12.2. The Kier molecular flexibility index (Phi) is 10.8. The summed E-state index contributed by atoms with van der Waals surface area (Å²) in [6.07, 6.45) is -4.82. The van der Waals surface area contributed by atoms with Crippen LogP contribution < -0.4 is 4.74 Å². The van der Waals surface area contributed by atoms with Gasteiger partial charge in [-0.05, 0) is 41.8 Å². The average molecular weight is 635 g/mol. The van der Waals surface area contributed by atoms with E-state index in [0.29, 0.717) is 36.0 Å². The highest BCUT2D eigenvalue weighted by atomic mass is 35.5. The van der Waals surface area contributed by atoms with Crippen LogP contribution in [0.5, 0.6) is 5.75 Å². The van der Waals surface area contributed by atoms with Gasteiger partial charge in [0.15, 0.2) is 12.2 Å². The molecule has 2 saturated heterocycles. The number of halogens is 1. The molecule has 0 unspecified atom stereocenters. The summed E-state index contributed by atoms with van der Waals surface area (Å²) in [7, 11) is 0. The fourth-order valence-electron chi connectivity index (χ4n) is 5.15. The topological polar surface area (TPSA) is 153 Å². The molecule has 6 atom stereocenters. The van der Waals surface area contributed by atoms with E-state index in [9.17, 15) is 24.3 Å². The summed E-state index contributed by atoms with van der Waals surface area (Å²) in [4.78, 5) is 48.1. The standard InChI is InChI=1S/C31H35ClO12/c1-17(33)39-16-27-28(40-18(2)34)29(41-19(3)35)30(42-20(4)36)31(37,44-27)23-7-10-26(32)22(14-23)13-21-5-8-24(9-6-21)43-25-11-12-38-15-25/h5-10,14,25,27-30,37H,11-13,15-16H2,1-4H3/t25-,27+,28+,29-,30+,31+/m0/s1. The number of carbonyl (C=O) groups is 4. The number of carbonyl (C=O) groups excluding carboxylic acids is 4. The molecule has 0 amide bonds. The minimum Gasteiger partial charge on any atom is -0.488 e. The number of ether oxygens (including phenoxy) is 7. The zero-order valence-electron chi connectivity index (χ0n) is 24.8. The van der Waals surface area contributed by atoms with Crippen molar-refractivity contribution in [2.24, 2.45) is 0 Å². The Bertz CT molecular complexity index is 1360. The molecule has 4 rings (SSSR count). The smallest absolute Gasteiger partial charge is 0.303 e. The third-order valence-electron chi connectivity index (χ3n) is 7.02. The molecule has 2 fully saturated rings. The van der Waals surface area contributed by atoms with Crippen LogP contribution in [-0.4, -0.2) is 79.3 Å². The highest BCUT2D eigenvalue weighted by molar-refractivity contribution is 6.31. The van der Waals surface area contributed by atoms with E-state index in [1.54, 1.807) is 6.07 Å². The van der Waals surface area contributed by atoms with Crippen molar-refractivity contribution in [3.05, 3.63) is 64.2 Å². The Morgan fingerprint density at radius 2 is 1.57 bits per heavy atom. The number of rotatable bonds is 10. The Labute approximate surface area is 259 Å². The quantitative estimate of drug-likeness (QED) is 0.302. The SMILES string of the molecule is CC(=O)OC[C@H]1O[C@](O)(c2ccc(Cl)c(Cc3ccc(O[C@H]4CCOC4)cc3)c2)[C@H](OC(C)=O)[C@@H](OC(C)=O)[C@@H]1OC(C)=O. The Morgan fingerprint density at radius 3 is 2.16 bits per heavy atom. The molecule has 238 valence electrons. The summed E-state index contributed by atoms with van der Waals surface area (Å²) in [5, 5.41) is 12.5. The van der Waals surface area contributed by atoms with E-state index in [-0.39, 0.29) is 11.7 Å². The van der Waals surface area contributed by atoms with Gasteiger partial charge < -0.3 is 38.3 Å². The highest BCUT2D eigenvalue weighted by Crippen LogP contribution is 2.42. The molecule has 44 heavy (non-hydrogen) atoms. The van der Waals surface area contributed by atoms with Crippen molar-refractivity contribution in [2.45, 2.75) is 76.8 Å². The molecule has 2 aliphatic heterocycles. The van der Waals surface area contributed by atoms with Gasteiger partial charge in [-0.1, -0.05) is 29.8 Å². The van der Waals surface area contributed by atoms with Crippen LogP contribution in [0, 0.1) is 0 Å². The number of benzene rings is 2. The molecule has 0 aliphatic carbocycles. The predicted molar refractivity (Wildman–Crippen MR) is 153 cm³/mol. The van der Waals surface area contributed by atoms with E-state index < -0.39 is 60.7 Å². The van der Waals surface area contributed by atoms with Crippen LogP contribution >= 0.6 is 11.6 Å². The predicted octanol–water partition coefficient (Wildman–Crippen LogP) is 3.00. The zero-order valence-corrected chi connectivity index (χ0v) is 25.5. The first-order chi connectivity index (χ1) is 20.9. The normalized spacial score (nSPS) is 26.4. The molecule has 1 N–H and O–H groups in total. The van der Waals surface area contributed by atoms with Gasteiger partial charge in [-0.2, -0.15) is 0 Å². The lowest BCUT2D eigenvalue weighted by atomic mass is 9.86. The number of aliphatic hydroxyl groups is 1. The second kappa shape index (κ2) is 14.4. The Morgan fingerprint density at radius 1 is 0.909 bits per heavy atom. The van der Waals surface area contributed by atoms with Crippen molar-refractivity contribution >= 4 is 35.5 Å². The second-order valence-corrected chi connectivity index (χ2v) is 11.0. The van der Waals surface area contributed by atoms with Gasteiger partial charge in [-0.3, -0.25) is 19.2 Å². The van der Waals surface area contributed by atoms with E-state index in [1.165, 1.54) is 12.1 Å². The van der Waals surface area contributed by atoms with Crippen LogP contribution in [0.4, 0.5) is 0 Å². The third-order valence-corrected chi connectivity index (χ3v) is 7.39. The Balaban J connectivity index is 1.70. The third kappa shape index (κ3) is 8.26. The minimum absolute atomic E-state index is 0.00862. The molecule has 12 nitrogen and oxygen atoms in total. The van der Waals surface area contributed by atoms with Crippen LogP contribution in [0.15, 0.2) is 42.5 Å². The molecule has 2 aromatic carbocycles. The molecular formula is C31H35ClO12. The first-order valence-electron chi connectivity index (χ1n) is 14.0. The summed E-state index contributed by atoms with van der Waals surface area (Å²) in [5.41, 5.74) is 1.56. The van der Waals surface area contributed by atoms with E-state index in [0.717, 1.165) is 39.7 Å². The van der Waals surface area contributed by atoms with Gasteiger partial charge in [-0.15, -0.1) is 0 Å². The molecule has 13 heteroatoms. The molecule has 0 spiro atoms. The van der Waals surface area contributed by atoms with E-state index in [1.807, 2.05) is 24.3 Å². The van der Waals surface area contributed by atoms with E-state index in [2.05, 4.69) is 0 Å². The number of hydrogen-bond donors (Lipinski definition) is 1. The molecule has 2 heterocycles.